The second-order valence-corrected chi connectivity index (χ2v) is 5.45. The first-order valence-corrected chi connectivity index (χ1v) is 6.07. The molecule has 1 aromatic heterocycles. The molecule has 1 heterocycles. The van der Waals surface area contributed by atoms with Crippen molar-refractivity contribution in [2.75, 3.05) is 0 Å². The minimum Gasteiger partial charge on any atom is -0.205 e. The van der Waals surface area contributed by atoms with Crippen LogP contribution in [0, 0.1) is 23.0 Å². The highest BCUT2D eigenvalue weighted by Gasteiger charge is 2.18. The zero-order valence-electron chi connectivity index (χ0n) is 11.4. The third kappa shape index (κ3) is 2.50. The second kappa shape index (κ2) is 4.97. The standard InChI is InChI=1S/C15H13F2N3/c1-15(2,3)13-7-6-12(19-20-13)9-4-5-11(16)10(8-18)14(9)17/h4-7H,1-3H3. The van der Waals surface area contributed by atoms with Crippen molar-refractivity contribution in [2.24, 2.45) is 0 Å². The number of nitriles is 1. The lowest BCUT2D eigenvalue weighted by molar-refractivity contribution is 0.558. The molecule has 0 aliphatic carbocycles. The molecule has 5 heteroatoms. The largest absolute Gasteiger partial charge is 0.205 e. The molecule has 3 nitrogen and oxygen atoms in total. The summed E-state index contributed by atoms with van der Waals surface area (Å²) in [5.41, 5.74) is 0.335. The van der Waals surface area contributed by atoms with Gasteiger partial charge in [0.1, 0.15) is 17.4 Å². The highest BCUT2D eigenvalue weighted by molar-refractivity contribution is 5.62. The molecule has 0 aliphatic heterocycles. The number of hydrogen-bond acceptors (Lipinski definition) is 3. The Morgan fingerprint density at radius 2 is 1.75 bits per heavy atom. The van der Waals surface area contributed by atoms with Crippen LogP contribution in [0.25, 0.3) is 11.3 Å². The van der Waals surface area contributed by atoms with Crippen LogP contribution in [-0.2, 0) is 5.41 Å². The van der Waals surface area contributed by atoms with Gasteiger partial charge in [-0.15, -0.1) is 0 Å². The molecule has 0 fully saturated rings. The van der Waals surface area contributed by atoms with Crippen molar-refractivity contribution >= 4 is 0 Å². The highest BCUT2D eigenvalue weighted by atomic mass is 19.1. The average molecular weight is 273 g/mol. The summed E-state index contributed by atoms with van der Waals surface area (Å²) < 4.78 is 27.3. The van der Waals surface area contributed by atoms with Crippen LogP contribution in [-0.4, -0.2) is 10.2 Å². The van der Waals surface area contributed by atoms with Crippen LogP contribution in [0.4, 0.5) is 8.78 Å². The summed E-state index contributed by atoms with van der Waals surface area (Å²) in [7, 11) is 0. The maximum Gasteiger partial charge on any atom is 0.153 e. The van der Waals surface area contributed by atoms with E-state index in [4.69, 9.17) is 5.26 Å². The van der Waals surface area contributed by atoms with Gasteiger partial charge < -0.3 is 0 Å². The first-order valence-electron chi connectivity index (χ1n) is 6.07. The van der Waals surface area contributed by atoms with E-state index in [1.54, 1.807) is 12.1 Å². The lowest BCUT2D eigenvalue weighted by Crippen LogP contribution is -2.14. The molecule has 2 aromatic rings. The number of benzene rings is 1. The SMILES string of the molecule is CC(C)(C)c1ccc(-c2ccc(F)c(C#N)c2F)nn1. The summed E-state index contributed by atoms with van der Waals surface area (Å²) in [4.78, 5) is 0. The molecule has 0 bridgehead atoms. The molecule has 0 N–H and O–H groups in total. The number of rotatable bonds is 1. The van der Waals surface area contributed by atoms with Crippen LogP contribution in [0.2, 0.25) is 0 Å². The third-order valence-electron chi connectivity index (χ3n) is 2.91. The van der Waals surface area contributed by atoms with E-state index in [0.29, 0.717) is 0 Å². The summed E-state index contributed by atoms with van der Waals surface area (Å²) >= 11 is 0. The Labute approximate surface area is 115 Å². The Morgan fingerprint density at radius 1 is 1.05 bits per heavy atom. The van der Waals surface area contributed by atoms with Crippen molar-refractivity contribution in [3.63, 3.8) is 0 Å². The molecule has 0 amide bonds. The fourth-order valence-corrected chi connectivity index (χ4v) is 1.73. The van der Waals surface area contributed by atoms with Crippen molar-refractivity contribution in [3.8, 4) is 17.3 Å². The zero-order chi connectivity index (χ0) is 14.9. The summed E-state index contributed by atoms with van der Waals surface area (Å²) in [5, 5.41) is 16.8. The predicted octanol–water partition coefficient (Wildman–Crippen LogP) is 3.59. The smallest absolute Gasteiger partial charge is 0.153 e. The van der Waals surface area contributed by atoms with E-state index in [1.807, 2.05) is 20.8 Å². The Hall–Kier alpha value is -2.35. The van der Waals surface area contributed by atoms with Crippen LogP contribution >= 0.6 is 0 Å². The van der Waals surface area contributed by atoms with Gasteiger partial charge in [0.15, 0.2) is 5.82 Å². The molecule has 0 spiro atoms. The van der Waals surface area contributed by atoms with Gasteiger partial charge in [0.05, 0.1) is 11.4 Å². The van der Waals surface area contributed by atoms with E-state index in [2.05, 4.69) is 10.2 Å². The molecule has 0 saturated carbocycles. The normalized spacial score (nSPS) is 11.2. The molecule has 102 valence electrons. The number of aromatic nitrogens is 2. The van der Waals surface area contributed by atoms with Crippen molar-refractivity contribution < 1.29 is 8.78 Å². The highest BCUT2D eigenvalue weighted by Crippen LogP contribution is 2.26. The Bertz CT molecular complexity index is 680. The first kappa shape index (κ1) is 14.1. The fourth-order valence-electron chi connectivity index (χ4n) is 1.73. The fraction of sp³-hybridized carbons (Fsp3) is 0.267. The topological polar surface area (TPSA) is 49.6 Å². The molecule has 0 unspecified atom stereocenters. The van der Waals surface area contributed by atoms with E-state index >= 15 is 0 Å². The van der Waals surface area contributed by atoms with Crippen LogP contribution < -0.4 is 0 Å². The van der Waals surface area contributed by atoms with E-state index in [1.165, 1.54) is 12.1 Å². The van der Waals surface area contributed by atoms with Gasteiger partial charge in [-0.3, -0.25) is 0 Å². The van der Waals surface area contributed by atoms with Crippen LogP contribution in [0.15, 0.2) is 24.3 Å². The summed E-state index contributed by atoms with van der Waals surface area (Å²) in [6.07, 6.45) is 0. The molecule has 0 radical (unpaired) electrons. The molecule has 0 atom stereocenters. The minimum absolute atomic E-state index is 0.0657. The van der Waals surface area contributed by atoms with Gasteiger partial charge in [-0.05, 0) is 24.3 Å². The van der Waals surface area contributed by atoms with E-state index in [9.17, 15) is 8.78 Å². The maximum absolute atomic E-state index is 14.0. The van der Waals surface area contributed by atoms with Gasteiger partial charge >= 0.3 is 0 Å². The molecule has 0 aliphatic rings. The lowest BCUT2D eigenvalue weighted by atomic mass is 9.92. The van der Waals surface area contributed by atoms with Crippen LogP contribution in [0.1, 0.15) is 32.0 Å². The Morgan fingerprint density at radius 3 is 2.25 bits per heavy atom. The monoisotopic (exact) mass is 273 g/mol. The van der Waals surface area contributed by atoms with Gasteiger partial charge in [0.2, 0.25) is 0 Å². The summed E-state index contributed by atoms with van der Waals surface area (Å²) in [6.45, 7) is 5.97. The van der Waals surface area contributed by atoms with Gasteiger partial charge in [-0.2, -0.15) is 15.5 Å². The van der Waals surface area contributed by atoms with Crippen molar-refractivity contribution in [2.45, 2.75) is 26.2 Å². The average Bonchev–Trinajstić information content (AvgIpc) is 2.38. The van der Waals surface area contributed by atoms with Gasteiger partial charge in [0.25, 0.3) is 0 Å². The van der Waals surface area contributed by atoms with Crippen molar-refractivity contribution in [1.82, 2.24) is 10.2 Å². The summed E-state index contributed by atoms with van der Waals surface area (Å²) in [5.74, 6) is -1.79. The van der Waals surface area contributed by atoms with Crippen LogP contribution in [0.5, 0.6) is 0 Å². The molecular weight excluding hydrogens is 260 g/mol. The van der Waals surface area contributed by atoms with Gasteiger partial charge in [-0.1, -0.05) is 20.8 Å². The zero-order valence-corrected chi connectivity index (χ0v) is 11.4. The number of hydrogen-bond donors (Lipinski definition) is 0. The van der Waals surface area contributed by atoms with Gasteiger partial charge in [0, 0.05) is 11.0 Å². The van der Waals surface area contributed by atoms with E-state index in [0.717, 1.165) is 11.8 Å². The Kier molecular flexibility index (Phi) is 3.49. The van der Waals surface area contributed by atoms with Crippen molar-refractivity contribution in [1.29, 1.82) is 5.26 Å². The first-order chi connectivity index (χ1) is 9.34. The van der Waals surface area contributed by atoms with Crippen LogP contribution in [0.3, 0.4) is 0 Å². The van der Waals surface area contributed by atoms with E-state index in [-0.39, 0.29) is 16.7 Å². The summed E-state index contributed by atoms with van der Waals surface area (Å²) in [6, 6.07) is 7.18. The lowest BCUT2D eigenvalue weighted by Gasteiger charge is -2.16. The third-order valence-corrected chi connectivity index (χ3v) is 2.91. The molecule has 1 aromatic carbocycles. The molecule has 2 rings (SSSR count). The number of halogens is 2. The van der Waals surface area contributed by atoms with Gasteiger partial charge in [-0.25, -0.2) is 8.78 Å². The minimum atomic E-state index is -0.912. The molecule has 0 saturated heterocycles. The van der Waals surface area contributed by atoms with Crippen molar-refractivity contribution in [3.05, 3.63) is 47.2 Å². The Balaban J connectivity index is 2.51. The van der Waals surface area contributed by atoms with E-state index < -0.39 is 17.2 Å². The maximum atomic E-state index is 14.0. The second-order valence-electron chi connectivity index (χ2n) is 5.45. The quantitative estimate of drug-likeness (QED) is 0.797. The molecular formula is C15H13F2N3. The number of nitrogens with zero attached hydrogens (tertiary/aromatic N) is 3. The predicted molar refractivity (Wildman–Crippen MR) is 70.8 cm³/mol. The molecule has 20 heavy (non-hydrogen) atoms.